The molecule has 0 aliphatic heterocycles. The van der Waals surface area contributed by atoms with Gasteiger partial charge in [-0.3, -0.25) is 4.79 Å². The van der Waals surface area contributed by atoms with Gasteiger partial charge in [0, 0.05) is 26.1 Å². The fourth-order valence-electron chi connectivity index (χ4n) is 2.14. The molecule has 0 fully saturated rings. The highest BCUT2D eigenvalue weighted by Crippen LogP contribution is 2.28. The number of hydrogen-bond donors (Lipinski definition) is 1. The van der Waals surface area contributed by atoms with Crippen LogP contribution in [0.1, 0.15) is 10.4 Å². The van der Waals surface area contributed by atoms with E-state index in [-0.39, 0.29) is 16.2 Å². The second-order valence-electron chi connectivity index (χ2n) is 4.87. The smallest absolute Gasteiger partial charge is 0.349 e. The molecular formula is C16H7Cl4NO3. The number of anilines is 1. The molecule has 4 nitrogen and oxygen atoms in total. The van der Waals surface area contributed by atoms with E-state index in [1.807, 2.05) is 0 Å². The Labute approximate surface area is 155 Å². The number of benzene rings is 2. The molecule has 122 valence electrons. The van der Waals surface area contributed by atoms with Crippen LogP contribution in [0.5, 0.6) is 0 Å². The zero-order valence-electron chi connectivity index (χ0n) is 11.7. The second kappa shape index (κ2) is 6.65. The van der Waals surface area contributed by atoms with Crippen LogP contribution in [0.25, 0.3) is 11.0 Å². The fourth-order valence-corrected chi connectivity index (χ4v) is 3.21. The summed E-state index contributed by atoms with van der Waals surface area (Å²) in [6.07, 6.45) is 0. The van der Waals surface area contributed by atoms with Crippen LogP contribution in [0, 0.1) is 0 Å². The van der Waals surface area contributed by atoms with Crippen molar-refractivity contribution in [3.8, 4) is 0 Å². The first-order valence-corrected chi connectivity index (χ1v) is 8.05. The summed E-state index contributed by atoms with van der Waals surface area (Å²) in [5, 5.41) is 4.21. The van der Waals surface area contributed by atoms with Crippen molar-refractivity contribution in [1.82, 2.24) is 0 Å². The molecule has 3 rings (SSSR count). The number of nitrogens with one attached hydrogen (secondary N) is 1. The van der Waals surface area contributed by atoms with Crippen molar-refractivity contribution in [3.05, 3.63) is 72.5 Å². The van der Waals surface area contributed by atoms with Gasteiger partial charge in [0.25, 0.3) is 5.91 Å². The molecule has 0 spiro atoms. The van der Waals surface area contributed by atoms with Crippen LogP contribution < -0.4 is 10.9 Å². The summed E-state index contributed by atoms with van der Waals surface area (Å²) in [7, 11) is 0. The number of amides is 1. The van der Waals surface area contributed by atoms with E-state index in [0.717, 1.165) is 0 Å². The lowest BCUT2D eigenvalue weighted by Gasteiger charge is -2.07. The Morgan fingerprint density at radius 2 is 1.50 bits per heavy atom. The van der Waals surface area contributed by atoms with Crippen LogP contribution in [0.4, 0.5) is 5.69 Å². The number of halogens is 4. The summed E-state index contributed by atoms with van der Waals surface area (Å²) < 4.78 is 5.13. The summed E-state index contributed by atoms with van der Waals surface area (Å²) in [6.45, 7) is 0. The predicted molar refractivity (Wildman–Crippen MR) is 96.9 cm³/mol. The third-order valence-electron chi connectivity index (χ3n) is 3.12. The summed E-state index contributed by atoms with van der Waals surface area (Å²) in [4.78, 5) is 24.4. The molecule has 1 heterocycles. The highest BCUT2D eigenvalue weighted by molar-refractivity contribution is 6.38. The van der Waals surface area contributed by atoms with Crippen LogP contribution in [0.15, 0.2) is 45.6 Å². The molecule has 3 aromatic rings. The molecule has 0 unspecified atom stereocenters. The number of fused-ring (bicyclic) bond motifs is 1. The molecule has 0 saturated carbocycles. The van der Waals surface area contributed by atoms with Crippen molar-refractivity contribution >= 4 is 69.0 Å². The van der Waals surface area contributed by atoms with Gasteiger partial charge in [-0.05, 0) is 36.4 Å². The topological polar surface area (TPSA) is 59.3 Å². The number of carbonyl (C=O) groups is 1. The van der Waals surface area contributed by atoms with Gasteiger partial charge in [0.1, 0.15) is 5.56 Å². The van der Waals surface area contributed by atoms with Gasteiger partial charge in [-0.1, -0.05) is 46.4 Å². The quantitative estimate of drug-likeness (QED) is 0.562. The molecule has 0 aliphatic rings. The first-order valence-electron chi connectivity index (χ1n) is 6.54. The standard InChI is InChI=1S/C16H7Cl4NO3/c17-8-1-7-2-12(16(23)24-14(7)13(20)6-8)15(22)21-11-4-9(18)3-10(19)5-11/h1-6H,(H,21,22). The van der Waals surface area contributed by atoms with Crippen molar-refractivity contribution < 1.29 is 9.21 Å². The van der Waals surface area contributed by atoms with Gasteiger partial charge in [0.15, 0.2) is 5.58 Å². The monoisotopic (exact) mass is 401 g/mol. The summed E-state index contributed by atoms with van der Waals surface area (Å²) in [6, 6.07) is 8.87. The molecular weight excluding hydrogens is 396 g/mol. The van der Waals surface area contributed by atoms with Crippen LogP contribution in [0.2, 0.25) is 20.1 Å². The molecule has 0 aliphatic carbocycles. The van der Waals surface area contributed by atoms with Crippen molar-refractivity contribution in [2.24, 2.45) is 0 Å². The molecule has 0 bridgehead atoms. The third kappa shape index (κ3) is 3.52. The second-order valence-corrected chi connectivity index (χ2v) is 6.58. The van der Waals surface area contributed by atoms with Crippen LogP contribution >= 0.6 is 46.4 Å². The maximum absolute atomic E-state index is 12.3. The van der Waals surface area contributed by atoms with Crippen LogP contribution in [0.3, 0.4) is 0 Å². The van der Waals surface area contributed by atoms with Gasteiger partial charge in [-0.15, -0.1) is 0 Å². The zero-order chi connectivity index (χ0) is 17.4. The van der Waals surface area contributed by atoms with E-state index >= 15 is 0 Å². The van der Waals surface area contributed by atoms with Crippen LogP contribution in [-0.2, 0) is 0 Å². The van der Waals surface area contributed by atoms with Gasteiger partial charge in [-0.25, -0.2) is 4.79 Å². The molecule has 1 N–H and O–H groups in total. The van der Waals surface area contributed by atoms with E-state index < -0.39 is 11.5 Å². The minimum atomic E-state index is -0.822. The van der Waals surface area contributed by atoms with Gasteiger partial charge in [0.2, 0.25) is 0 Å². The van der Waals surface area contributed by atoms with E-state index in [1.54, 1.807) is 6.07 Å². The first-order chi connectivity index (χ1) is 11.3. The van der Waals surface area contributed by atoms with Gasteiger partial charge in [-0.2, -0.15) is 0 Å². The number of hydrogen-bond acceptors (Lipinski definition) is 3. The molecule has 0 atom stereocenters. The number of carbonyl (C=O) groups excluding carboxylic acids is 1. The Kier molecular flexibility index (Phi) is 4.74. The van der Waals surface area contributed by atoms with Gasteiger partial charge >= 0.3 is 5.63 Å². The van der Waals surface area contributed by atoms with E-state index in [1.165, 1.54) is 30.3 Å². The van der Waals surface area contributed by atoms with Crippen molar-refractivity contribution in [2.75, 3.05) is 5.32 Å². The highest BCUT2D eigenvalue weighted by Gasteiger charge is 2.16. The van der Waals surface area contributed by atoms with E-state index in [2.05, 4.69) is 5.32 Å². The Morgan fingerprint density at radius 1 is 0.875 bits per heavy atom. The molecule has 2 aromatic carbocycles. The van der Waals surface area contributed by atoms with E-state index in [9.17, 15) is 9.59 Å². The summed E-state index contributed by atoms with van der Waals surface area (Å²) in [5.74, 6) is -0.667. The lowest BCUT2D eigenvalue weighted by atomic mass is 10.1. The zero-order valence-corrected chi connectivity index (χ0v) is 14.7. The Bertz CT molecular complexity index is 1010. The van der Waals surface area contributed by atoms with Crippen molar-refractivity contribution in [3.63, 3.8) is 0 Å². The SMILES string of the molecule is O=C(Nc1cc(Cl)cc(Cl)c1)c1cc2cc(Cl)cc(Cl)c2oc1=O. The van der Waals surface area contributed by atoms with E-state index in [4.69, 9.17) is 50.8 Å². The Balaban J connectivity index is 2.03. The molecule has 24 heavy (non-hydrogen) atoms. The van der Waals surface area contributed by atoms with Crippen molar-refractivity contribution in [1.29, 1.82) is 0 Å². The van der Waals surface area contributed by atoms with Crippen molar-refractivity contribution in [2.45, 2.75) is 0 Å². The molecule has 0 radical (unpaired) electrons. The average Bonchev–Trinajstić information content (AvgIpc) is 2.46. The molecule has 8 heteroatoms. The van der Waals surface area contributed by atoms with E-state index in [0.29, 0.717) is 26.1 Å². The average molecular weight is 403 g/mol. The Hall–Kier alpha value is -1.72. The summed E-state index contributed by atoms with van der Waals surface area (Å²) in [5.41, 5.74) is -0.510. The third-order valence-corrected chi connectivity index (χ3v) is 4.05. The summed E-state index contributed by atoms with van der Waals surface area (Å²) >= 11 is 23.7. The minimum absolute atomic E-state index is 0.161. The van der Waals surface area contributed by atoms with Crippen LogP contribution in [-0.4, -0.2) is 5.91 Å². The fraction of sp³-hybridized carbons (Fsp3) is 0. The van der Waals surface area contributed by atoms with Gasteiger partial charge < -0.3 is 9.73 Å². The molecule has 1 amide bonds. The maximum atomic E-state index is 12.3. The maximum Gasteiger partial charge on any atom is 0.349 e. The first kappa shape index (κ1) is 17.1. The highest BCUT2D eigenvalue weighted by atomic mass is 35.5. The normalized spacial score (nSPS) is 10.8. The predicted octanol–water partition coefficient (Wildman–Crippen LogP) is 5.66. The lowest BCUT2D eigenvalue weighted by Crippen LogP contribution is -2.20. The molecule has 1 aromatic heterocycles. The number of rotatable bonds is 2. The van der Waals surface area contributed by atoms with Gasteiger partial charge in [0.05, 0.1) is 5.02 Å². The largest absolute Gasteiger partial charge is 0.421 e. The Morgan fingerprint density at radius 3 is 2.17 bits per heavy atom. The lowest BCUT2D eigenvalue weighted by molar-refractivity contribution is 0.102. The molecule has 0 saturated heterocycles. The minimum Gasteiger partial charge on any atom is -0.421 e.